The summed E-state index contributed by atoms with van der Waals surface area (Å²) in [5, 5.41) is 7.65. The topological polar surface area (TPSA) is 34.6 Å². The summed E-state index contributed by atoms with van der Waals surface area (Å²) in [7, 11) is 0. The van der Waals surface area contributed by atoms with Crippen molar-refractivity contribution in [3.05, 3.63) is 144 Å². The SMILES string of the molecule is Cc1cc2c3c(nc4c5ccc(-c6ccc7c8c6ccc6c8n8c7nc7c(C)c(C)cc(c78)B6c6ccccc6)c6ccc(c(c65)n43)B2c2ccccc2)c1C. The molecule has 0 spiro atoms. The Hall–Kier alpha value is -6.65. The first kappa shape index (κ1) is 29.7. The molecule has 0 fully saturated rings. The quantitative estimate of drug-likeness (QED) is 0.180. The number of fused-ring (bicyclic) bond motifs is 2. The summed E-state index contributed by atoms with van der Waals surface area (Å²) in [4.78, 5) is 10.9. The Morgan fingerprint density at radius 3 is 1.25 bits per heavy atom. The maximum absolute atomic E-state index is 5.45. The maximum atomic E-state index is 5.45. The predicted molar refractivity (Wildman–Crippen MR) is 238 cm³/mol. The van der Waals surface area contributed by atoms with Crippen LogP contribution in [0.25, 0.3) is 87.8 Å². The summed E-state index contributed by atoms with van der Waals surface area (Å²) in [6.45, 7) is 9.20. The molecule has 0 bridgehead atoms. The molecule has 0 unspecified atom stereocenters. The Morgan fingerprint density at radius 2 is 0.821 bits per heavy atom. The highest BCUT2D eigenvalue weighted by Gasteiger charge is 2.37. The van der Waals surface area contributed by atoms with Gasteiger partial charge in [0.2, 0.25) is 13.4 Å². The van der Waals surface area contributed by atoms with Crippen molar-refractivity contribution in [2.24, 2.45) is 0 Å². The number of rotatable bonds is 3. The fourth-order valence-corrected chi connectivity index (χ4v) is 11.3. The van der Waals surface area contributed by atoms with E-state index in [0.29, 0.717) is 0 Å². The molecule has 4 nitrogen and oxygen atoms in total. The normalized spacial score (nSPS) is 13.6. The van der Waals surface area contributed by atoms with E-state index in [1.54, 1.807) is 0 Å². The fourth-order valence-electron chi connectivity index (χ4n) is 11.3. The van der Waals surface area contributed by atoms with E-state index in [1.165, 1.54) is 121 Å². The van der Waals surface area contributed by atoms with E-state index in [0.717, 1.165) is 22.3 Å². The van der Waals surface area contributed by atoms with Crippen molar-refractivity contribution in [1.82, 2.24) is 18.8 Å². The first-order valence-electron chi connectivity index (χ1n) is 19.8. The molecule has 0 atom stereocenters. The molecule has 2 aliphatic heterocycles. The van der Waals surface area contributed by atoms with Gasteiger partial charge in [-0.25, -0.2) is 9.97 Å². The van der Waals surface area contributed by atoms with Crippen LogP contribution in [0.3, 0.4) is 0 Å². The van der Waals surface area contributed by atoms with Gasteiger partial charge < -0.3 is 0 Å². The summed E-state index contributed by atoms with van der Waals surface area (Å²) in [5.41, 5.74) is 25.3. The second-order valence-electron chi connectivity index (χ2n) is 16.6. The highest BCUT2D eigenvalue weighted by Crippen LogP contribution is 2.45. The minimum atomic E-state index is 0.136. The van der Waals surface area contributed by atoms with Crippen molar-refractivity contribution in [1.29, 1.82) is 0 Å². The Labute approximate surface area is 322 Å². The molecule has 2 aliphatic rings. The lowest BCUT2D eigenvalue weighted by Gasteiger charge is -2.24. The molecule has 0 N–H and O–H groups in total. The van der Waals surface area contributed by atoms with Crippen molar-refractivity contribution >= 4 is 123 Å². The number of hydrogen-bond donors (Lipinski definition) is 0. The predicted octanol–water partition coefficient (Wildman–Crippen LogP) is 7.34. The van der Waals surface area contributed by atoms with Gasteiger partial charge >= 0.3 is 0 Å². The van der Waals surface area contributed by atoms with Crippen LogP contribution < -0.4 is 32.8 Å². The third-order valence-corrected chi connectivity index (χ3v) is 14.0. The van der Waals surface area contributed by atoms with Crippen molar-refractivity contribution < 1.29 is 0 Å². The summed E-state index contributed by atoms with van der Waals surface area (Å²) in [6, 6.07) is 46.0. The minimum Gasteiger partial charge on any atom is -0.293 e. The number of benzene rings is 8. The third-order valence-electron chi connectivity index (χ3n) is 14.0. The molecule has 0 radical (unpaired) electrons. The van der Waals surface area contributed by atoms with Gasteiger partial charge in [-0.1, -0.05) is 120 Å². The summed E-state index contributed by atoms with van der Waals surface area (Å²) in [5.74, 6) is 0. The molecule has 0 amide bonds. The van der Waals surface area contributed by atoms with Crippen molar-refractivity contribution in [2.45, 2.75) is 27.7 Å². The highest BCUT2D eigenvalue weighted by molar-refractivity contribution is 6.99. The van der Waals surface area contributed by atoms with E-state index in [1.807, 2.05) is 0 Å². The summed E-state index contributed by atoms with van der Waals surface area (Å²) >= 11 is 0. The molecule has 258 valence electrons. The Bertz CT molecular complexity index is 3500. The number of aromatic nitrogens is 4. The average molecular weight is 710 g/mol. The molecule has 0 aliphatic carbocycles. The summed E-state index contributed by atoms with van der Waals surface area (Å²) < 4.78 is 4.99. The van der Waals surface area contributed by atoms with Crippen molar-refractivity contribution in [3.63, 3.8) is 0 Å². The monoisotopic (exact) mass is 710 g/mol. The lowest BCUT2D eigenvalue weighted by atomic mass is 9.35. The van der Waals surface area contributed by atoms with Gasteiger partial charge in [0, 0.05) is 21.5 Å². The van der Waals surface area contributed by atoms with E-state index in [4.69, 9.17) is 9.97 Å². The molecule has 12 aromatic rings. The fraction of sp³-hybridized carbons (Fsp3) is 0.0800. The Balaban J connectivity index is 1.09. The largest absolute Gasteiger partial charge is 0.293 e. The zero-order valence-electron chi connectivity index (χ0n) is 31.5. The van der Waals surface area contributed by atoms with Crippen LogP contribution in [0.4, 0.5) is 0 Å². The molecule has 0 saturated heterocycles. The molecule has 6 heterocycles. The lowest BCUT2D eigenvalue weighted by Crippen LogP contribution is -2.54. The number of hydrogen-bond acceptors (Lipinski definition) is 2. The average Bonchev–Trinajstić information content (AvgIpc) is 3.99. The van der Waals surface area contributed by atoms with Crippen LogP contribution in [-0.2, 0) is 0 Å². The van der Waals surface area contributed by atoms with E-state index in [9.17, 15) is 0 Å². The summed E-state index contributed by atoms with van der Waals surface area (Å²) in [6.07, 6.45) is 0. The number of aryl methyl sites for hydroxylation is 4. The van der Waals surface area contributed by atoms with Gasteiger partial charge in [-0.3, -0.25) is 8.80 Å². The molecule has 6 heteroatoms. The van der Waals surface area contributed by atoms with Crippen LogP contribution in [0.2, 0.25) is 0 Å². The molecular weight excluding hydrogens is 678 g/mol. The van der Waals surface area contributed by atoms with Crippen LogP contribution in [0.1, 0.15) is 22.3 Å². The number of nitrogens with zero attached hydrogens (tertiary/aromatic N) is 4. The van der Waals surface area contributed by atoms with Gasteiger partial charge in [0.05, 0.1) is 33.1 Å². The second kappa shape index (κ2) is 9.77. The van der Waals surface area contributed by atoms with Crippen molar-refractivity contribution in [3.8, 4) is 11.1 Å². The maximum Gasteiger partial charge on any atom is 0.246 e. The highest BCUT2D eigenvalue weighted by atomic mass is 15.0. The second-order valence-corrected chi connectivity index (χ2v) is 16.6. The molecule has 56 heavy (non-hydrogen) atoms. The zero-order chi connectivity index (χ0) is 36.9. The molecule has 0 saturated carbocycles. The molecule has 4 aromatic heterocycles. The van der Waals surface area contributed by atoms with Gasteiger partial charge in [-0.05, 0) is 106 Å². The third kappa shape index (κ3) is 3.23. The first-order chi connectivity index (χ1) is 27.5. The standard InChI is InChI=1S/C50H32B2N4/c1-25-23-39-47-43(27(25)3)53-49-35-17-15-31(33-19-21-37(45(41(33)35)55(47)49)51(39)29-11-7-5-8-12-29)32-16-18-36-42-34(32)20-22-38-46(42)56-48-40(52(38)30-13-9-6-10-14-30)24-26(2)28(4)44(48)54-50(36)56/h5-24H,1-4H3. The van der Waals surface area contributed by atoms with Crippen molar-refractivity contribution in [2.75, 3.05) is 0 Å². The van der Waals surface area contributed by atoms with Gasteiger partial charge in [-0.2, -0.15) is 0 Å². The molecular formula is C50H32B2N4. The van der Waals surface area contributed by atoms with E-state index in [2.05, 4.69) is 158 Å². The lowest BCUT2D eigenvalue weighted by molar-refractivity contribution is 1.34. The van der Waals surface area contributed by atoms with Gasteiger partial charge in [0.15, 0.2) is 0 Å². The van der Waals surface area contributed by atoms with E-state index >= 15 is 0 Å². The van der Waals surface area contributed by atoms with Crippen LogP contribution in [0.15, 0.2) is 121 Å². The minimum absolute atomic E-state index is 0.136. The van der Waals surface area contributed by atoms with E-state index < -0.39 is 0 Å². The molecule has 14 rings (SSSR count). The Morgan fingerprint density at radius 1 is 0.411 bits per heavy atom. The van der Waals surface area contributed by atoms with E-state index in [-0.39, 0.29) is 13.4 Å². The molecule has 8 aromatic carbocycles. The van der Waals surface area contributed by atoms with Gasteiger partial charge in [-0.15, -0.1) is 0 Å². The smallest absolute Gasteiger partial charge is 0.246 e. The van der Waals surface area contributed by atoms with Gasteiger partial charge in [0.25, 0.3) is 0 Å². The van der Waals surface area contributed by atoms with Gasteiger partial charge in [0.1, 0.15) is 11.3 Å². The van der Waals surface area contributed by atoms with Crippen LogP contribution in [-0.4, -0.2) is 32.2 Å². The first-order valence-corrected chi connectivity index (χ1v) is 19.8. The van der Waals surface area contributed by atoms with Crippen LogP contribution >= 0.6 is 0 Å². The van der Waals surface area contributed by atoms with Crippen LogP contribution in [0.5, 0.6) is 0 Å². The Kier molecular flexibility index (Phi) is 5.18. The zero-order valence-corrected chi connectivity index (χ0v) is 31.5. The number of imidazole rings is 2. The van der Waals surface area contributed by atoms with Crippen LogP contribution in [0, 0.1) is 27.7 Å².